The average Bonchev–Trinajstić information content (AvgIpc) is 3.38. The largest absolute Gasteiger partial charge is 0.366 e. The van der Waals surface area contributed by atoms with E-state index in [4.69, 9.17) is 5.73 Å². The van der Waals surface area contributed by atoms with Crippen LogP contribution in [-0.2, 0) is 16.0 Å². The predicted octanol–water partition coefficient (Wildman–Crippen LogP) is 3.46. The van der Waals surface area contributed by atoms with Gasteiger partial charge in [0.05, 0.1) is 0 Å². The number of anilines is 1. The van der Waals surface area contributed by atoms with Crippen LogP contribution in [0, 0.1) is 0 Å². The molecule has 2 aromatic rings. The molecule has 2 aromatic carbocycles. The van der Waals surface area contributed by atoms with Crippen LogP contribution in [0.4, 0.5) is 5.69 Å². The van der Waals surface area contributed by atoms with Crippen molar-refractivity contribution in [2.75, 3.05) is 31.5 Å². The lowest BCUT2D eigenvalue weighted by atomic mass is 10.1. The van der Waals surface area contributed by atoms with Crippen molar-refractivity contribution in [2.24, 2.45) is 5.73 Å². The molecule has 7 heteroatoms. The Balaban J connectivity index is 1.29. The molecule has 3 N–H and O–H groups in total. The van der Waals surface area contributed by atoms with Gasteiger partial charge in [-0.3, -0.25) is 14.4 Å². The van der Waals surface area contributed by atoms with Gasteiger partial charge in [0, 0.05) is 30.4 Å². The maximum atomic E-state index is 12.9. The van der Waals surface area contributed by atoms with Crippen molar-refractivity contribution in [3.63, 3.8) is 0 Å². The number of amides is 3. The maximum Gasteiger partial charge on any atom is 0.248 e. The Hall–Kier alpha value is -3.45. The minimum Gasteiger partial charge on any atom is -0.366 e. The number of rotatable bonds is 8. The Bertz CT molecular complexity index is 1060. The molecular formula is C28H34N4O3. The topological polar surface area (TPSA) is 95.7 Å². The minimum atomic E-state index is -0.491. The molecular weight excluding hydrogens is 440 g/mol. The number of nitrogens with one attached hydrogen (secondary N) is 1. The Morgan fingerprint density at radius 2 is 1.63 bits per heavy atom. The fraction of sp³-hybridized carbons (Fsp3) is 0.393. The average molecular weight is 475 g/mol. The Morgan fingerprint density at radius 1 is 0.914 bits per heavy atom. The predicted molar refractivity (Wildman–Crippen MR) is 138 cm³/mol. The first-order valence-corrected chi connectivity index (χ1v) is 12.5. The molecule has 4 rings (SSSR count). The van der Waals surface area contributed by atoms with Crippen molar-refractivity contribution in [3.8, 4) is 0 Å². The van der Waals surface area contributed by atoms with Crippen molar-refractivity contribution >= 4 is 29.5 Å². The first-order valence-electron chi connectivity index (χ1n) is 12.5. The van der Waals surface area contributed by atoms with E-state index in [9.17, 15) is 14.4 Å². The van der Waals surface area contributed by atoms with Gasteiger partial charge in [-0.2, -0.15) is 0 Å². The molecule has 0 spiro atoms. The second kappa shape index (κ2) is 11.8. The number of primary amides is 1. The summed E-state index contributed by atoms with van der Waals surface area (Å²) in [5.41, 5.74) is 8.47. The number of hydrogen-bond donors (Lipinski definition) is 2. The van der Waals surface area contributed by atoms with Gasteiger partial charge in [0.25, 0.3) is 0 Å². The molecule has 0 radical (unpaired) electrons. The van der Waals surface area contributed by atoms with Crippen LogP contribution in [0.5, 0.6) is 0 Å². The number of benzene rings is 2. The van der Waals surface area contributed by atoms with Crippen molar-refractivity contribution in [3.05, 3.63) is 71.3 Å². The molecule has 184 valence electrons. The van der Waals surface area contributed by atoms with Crippen LogP contribution >= 0.6 is 0 Å². The van der Waals surface area contributed by atoms with Gasteiger partial charge >= 0.3 is 0 Å². The standard InChI is InChI=1S/C28H34N4O3/c29-27(34)23-11-6-21(7-12-23)10-15-26(33)32-19-4-5-25(32)28(35)30-24-13-8-22(9-14-24)16-20-31-17-2-1-3-18-31/h6-15,25H,1-5,16-20H2,(H2,29,34)(H,30,35)/b15-10+. The summed E-state index contributed by atoms with van der Waals surface area (Å²) < 4.78 is 0. The molecule has 1 atom stereocenters. The van der Waals surface area contributed by atoms with Gasteiger partial charge in [0.1, 0.15) is 6.04 Å². The molecule has 2 aliphatic heterocycles. The highest BCUT2D eigenvalue weighted by Crippen LogP contribution is 2.21. The van der Waals surface area contributed by atoms with E-state index < -0.39 is 11.9 Å². The normalized spacial score (nSPS) is 18.6. The quantitative estimate of drug-likeness (QED) is 0.573. The monoisotopic (exact) mass is 474 g/mol. The number of likely N-dealkylation sites (tertiary alicyclic amines) is 2. The van der Waals surface area contributed by atoms with E-state index in [0.717, 1.165) is 30.6 Å². The number of nitrogens with two attached hydrogens (primary N) is 1. The highest BCUT2D eigenvalue weighted by molar-refractivity contribution is 6.00. The Labute approximate surface area is 207 Å². The van der Waals surface area contributed by atoms with Crippen LogP contribution in [0.2, 0.25) is 0 Å². The third-order valence-electron chi connectivity index (χ3n) is 6.84. The Kier molecular flexibility index (Phi) is 8.32. The van der Waals surface area contributed by atoms with Gasteiger partial charge in [-0.1, -0.05) is 30.7 Å². The van der Waals surface area contributed by atoms with E-state index in [1.807, 2.05) is 12.1 Å². The molecule has 7 nitrogen and oxygen atoms in total. The van der Waals surface area contributed by atoms with Gasteiger partial charge in [-0.15, -0.1) is 0 Å². The van der Waals surface area contributed by atoms with Crippen LogP contribution in [0.3, 0.4) is 0 Å². The molecule has 0 saturated carbocycles. The van der Waals surface area contributed by atoms with E-state index in [2.05, 4.69) is 22.3 Å². The molecule has 2 aliphatic rings. The Morgan fingerprint density at radius 3 is 2.31 bits per heavy atom. The minimum absolute atomic E-state index is 0.156. The summed E-state index contributed by atoms with van der Waals surface area (Å²) in [6.07, 6.45) is 9.54. The van der Waals surface area contributed by atoms with Crippen LogP contribution in [-0.4, -0.2) is 59.7 Å². The summed E-state index contributed by atoms with van der Waals surface area (Å²) in [6, 6.07) is 14.3. The lowest BCUT2D eigenvalue weighted by Gasteiger charge is -2.26. The second-order valence-electron chi connectivity index (χ2n) is 9.35. The number of hydrogen-bond acceptors (Lipinski definition) is 4. The maximum absolute atomic E-state index is 12.9. The number of piperidine rings is 1. The van der Waals surface area contributed by atoms with Crippen molar-refractivity contribution < 1.29 is 14.4 Å². The summed E-state index contributed by atoms with van der Waals surface area (Å²) in [5, 5.41) is 2.98. The third-order valence-corrected chi connectivity index (χ3v) is 6.84. The first-order chi connectivity index (χ1) is 17.0. The summed E-state index contributed by atoms with van der Waals surface area (Å²) in [7, 11) is 0. The number of nitrogens with zero attached hydrogens (tertiary/aromatic N) is 2. The molecule has 2 fully saturated rings. The molecule has 3 amide bonds. The van der Waals surface area contributed by atoms with Crippen LogP contribution < -0.4 is 11.1 Å². The highest BCUT2D eigenvalue weighted by atomic mass is 16.2. The third kappa shape index (κ3) is 6.79. The van der Waals surface area contributed by atoms with Gasteiger partial charge in [-0.05, 0) is 86.7 Å². The van der Waals surface area contributed by atoms with E-state index in [0.29, 0.717) is 18.5 Å². The zero-order valence-electron chi connectivity index (χ0n) is 20.1. The molecule has 1 unspecified atom stereocenters. The van der Waals surface area contributed by atoms with Crippen molar-refractivity contribution in [2.45, 2.75) is 44.6 Å². The second-order valence-corrected chi connectivity index (χ2v) is 9.35. The van der Waals surface area contributed by atoms with E-state index in [1.165, 1.54) is 44.0 Å². The SMILES string of the molecule is NC(=O)c1ccc(/C=C/C(=O)N2CCCC2C(=O)Nc2ccc(CCN3CCCCC3)cc2)cc1. The van der Waals surface area contributed by atoms with Gasteiger partial charge in [0.15, 0.2) is 0 Å². The summed E-state index contributed by atoms with van der Waals surface area (Å²) in [6.45, 7) is 4.02. The number of carbonyl (C=O) groups is 3. The zero-order valence-corrected chi connectivity index (χ0v) is 20.1. The fourth-order valence-electron chi connectivity index (χ4n) is 4.78. The van der Waals surface area contributed by atoms with E-state index in [1.54, 1.807) is 35.2 Å². The lowest BCUT2D eigenvalue weighted by Crippen LogP contribution is -2.42. The lowest BCUT2D eigenvalue weighted by molar-refractivity contribution is -0.132. The zero-order chi connectivity index (χ0) is 24.6. The van der Waals surface area contributed by atoms with Crippen LogP contribution in [0.15, 0.2) is 54.6 Å². The molecule has 0 bridgehead atoms. The molecule has 2 heterocycles. The molecule has 2 saturated heterocycles. The van der Waals surface area contributed by atoms with Crippen LogP contribution in [0.25, 0.3) is 6.08 Å². The summed E-state index contributed by atoms with van der Waals surface area (Å²) in [5.74, 6) is -0.847. The van der Waals surface area contributed by atoms with Gasteiger partial charge in [0.2, 0.25) is 17.7 Å². The smallest absolute Gasteiger partial charge is 0.248 e. The van der Waals surface area contributed by atoms with Crippen LogP contribution in [0.1, 0.15) is 53.6 Å². The van der Waals surface area contributed by atoms with Gasteiger partial charge in [-0.25, -0.2) is 0 Å². The highest BCUT2D eigenvalue weighted by Gasteiger charge is 2.33. The molecule has 0 aromatic heterocycles. The molecule has 35 heavy (non-hydrogen) atoms. The fourth-order valence-corrected chi connectivity index (χ4v) is 4.78. The summed E-state index contributed by atoms with van der Waals surface area (Å²) in [4.78, 5) is 41.1. The molecule has 0 aliphatic carbocycles. The van der Waals surface area contributed by atoms with E-state index in [-0.39, 0.29) is 11.8 Å². The van der Waals surface area contributed by atoms with E-state index >= 15 is 0 Å². The van der Waals surface area contributed by atoms with Crippen molar-refractivity contribution in [1.82, 2.24) is 9.80 Å². The number of carbonyl (C=O) groups excluding carboxylic acids is 3. The van der Waals surface area contributed by atoms with Gasteiger partial charge < -0.3 is 20.9 Å². The van der Waals surface area contributed by atoms with Crippen molar-refractivity contribution in [1.29, 1.82) is 0 Å². The summed E-state index contributed by atoms with van der Waals surface area (Å²) >= 11 is 0. The first kappa shape index (κ1) is 24.7.